The fourth-order valence-corrected chi connectivity index (χ4v) is 2.87. The van der Waals surface area contributed by atoms with Crippen molar-refractivity contribution >= 4 is 0 Å². The summed E-state index contributed by atoms with van der Waals surface area (Å²) in [5.41, 5.74) is 2.44. The fourth-order valence-electron chi connectivity index (χ4n) is 2.87. The maximum atomic E-state index is 5.24. The van der Waals surface area contributed by atoms with Gasteiger partial charge in [-0.25, -0.2) is 0 Å². The molecule has 29 heavy (non-hydrogen) atoms. The highest BCUT2D eigenvalue weighted by atomic mass is 14.9. The average molecular weight is 390 g/mol. The average Bonchev–Trinajstić information content (AvgIpc) is 2.75. The minimum absolute atomic E-state index is 0.111. The Hall–Kier alpha value is -2.56. The molecule has 1 N–H and O–H groups in total. The van der Waals surface area contributed by atoms with Crippen LogP contribution in [-0.4, -0.2) is 12.6 Å². The number of nitrogens with one attached hydrogen (secondary N) is 1. The van der Waals surface area contributed by atoms with Gasteiger partial charge in [-0.2, -0.15) is 0 Å². The van der Waals surface area contributed by atoms with Crippen molar-refractivity contribution in [2.45, 2.75) is 53.0 Å². The normalized spacial score (nSPS) is 20.2. The van der Waals surface area contributed by atoms with Gasteiger partial charge in [0, 0.05) is 24.4 Å². The van der Waals surface area contributed by atoms with E-state index < -0.39 is 0 Å². The molecular formula is C28H39N. The summed E-state index contributed by atoms with van der Waals surface area (Å²) in [6, 6.07) is 0.326. The zero-order valence-corrected chi connectivity index (χ0v) is 18.8. The van der Waals surface area contributed by atoms with E-state index in [1.165, 1.54) is 5.57 Å². The Morgan fingerprint density at radius 1 is 1.31 bits per heavy atom. The molecule has 0 heterocycles. The second kappa shape index (κ2) is 16.4. The highest BCUT2D eigenvalue weighted by Crippen LogP contribution is 2.31. The van der Waals surface area contributed by atoms with Gasteiger partial charge in [0.15, 0.2) is 0 Å². The summed E-state index contributed by atoms with van der Waals surface area (Å²) in [6.45, 7) is 16.9. The first kappa shape index (κ1) is 26.4. The molecule has 2 atom stereocenters. The Morgan fingerprint density at radius 2 is 2.03 bits per heavy atom. The Kier molecular flexibility index (Phi) is 15.0. The fraction of sp³-hybridized carbons (Fsp3) is 0.357. The van der Waals surface area contributed by atoms with Crippen LogP contribution in [0.15, 0.2) is 97.2 Å². The van der Waals surface area contributed by atoms with E-state index in [0.717, 1.165) is 25.0 Å². The molecule has 1 aliphatic rings. The molecule has 0 bridgehead atoms. The molecular weight excluding hydrogens is 350 g/mol. The third kappa shape index (κ3) is 11.1. The topological polar surface area (TPSA) is 12.0 Å². The van der Waals surface area contributed by atoms with E-state index in [2.05, 4.69) is 80.8 Å². The maximum absolute atomic E-state index is 5.24. The largest absolute Gasteiger partial charge is 0.309 e. The third-order valence-corrected chi connectivity index (χ3v) is 4.51. The van der Waals surface area contributed by atoms with Crippen LogP contribution in [0.3, 0.4) is 0 Å². The standard InChI is InChI=1S/C26H33N.C2H6/c1-6-10-11-12-13-14-17-25(16-8-3)27-22-26(5)20-18-24(19-21-26)23(9-4)15-7-2;1-2/h1,7-9,11-16,18-20,25,27H,2,4,10,17,21-22H2,3,5H3;1-2H3/b12-11-,14-13-,16-8-,23-15+;. The van der Waals surface area contributed by atoms with Crippen molar-refractivity contribution in [3.05, 3.63) is 97.2 Å². The zero-order valence-electron chi connectivity index (χ0n) is 18.8. The van der Waals surface area contributed by atoms with E-state index in [-0.39, 0.29) is 5.41 Å². The molecule has 1 heteroatoms. The van der Waals surface area contributed by atoms with Gasteiger partial charge in [0.2, 0.25) is 0 Å². The summed E-state index contributed by atoms with van der Waals surface area (Å²) in [5, 5.41) is 3.69. The van der Waals surface area contributed by atoms with Gasteiger partial charge in [0.1, 0.15) is 0 Å². The van der Waals surface area contributed by atoms with Crippen molar-refractivity contribution in [1.29, 1.82) is 0 Å². The molecule has 1 rings (SSSR count). The van der Waals surface area contributed by atoms with Crippen LogP contribution >= 0.6 is 0 Å². The molecule has 0 aromatic heterocycles. The number of terminal acetylenes is 1. The molecule has 0 fully saturated rings. The summed E-state index contributed by atoms with van der Waals surface area (Å²) in [4.78, 5) is 0. The summed E-state index contributed by atoms with van der Waals surface area (Å²) >= 11 is 0. The van der Waals surface area contributed by atoms with E-state index in [0.29, 0.717) is 12.5 Å². The zero-order chi connectivity index (χ0) is 22.0. The summed E-state index contributed by atoms with van der Waals surface area (Å²) in [5.74, 6) is 2.60. The maximum Gasteiger partial charge on any atom is 0.0284 e. The van der Waals surface area contributed by atoms with Gasteiger partial charge in [-0.1, -0.05) is 107 Å². The number of rotatable bonds is 11. The van der Waals surface area contributed by atoms with E-state index in [4.69, 9.17) is 6.42 Å². The minimum atomic E-state index is 0.111. The van der Waals surface area contributed by atoms with Crippen LogP contribution in [0, 0.1) is 17.8 Å². The lowest BCUT2D eigenvalue weighted by Gasteiger charge is -2.30. The number of hydrogen-bond donors (Lipinski definition) is 1. The molecule has 0 saturated carbocycles. The summed E-state index contributed by atoms with van der Waals surface area (Å²) in [6.07, 6.45) is 32.9. The van der Waals surface area contributed by atoms with Crippen molar-refractivity contribution in [3.8, 4) is 12.3 Å². The smallest absolute Gasteiger partial charge is 0.0284 e. The van der Waals surface area contributed by atoms with Crippen LogP contribution in [0.5, 0.6) is 0 Å². The molecule has 0 saturated heterocycles. The van der Waals surface area contributed by atoms with E-state index in [1.807, 2.05) is 38.2 Å². The van der Waals surface area contributed by atoms with Gasteiger partial charge in [-0.3, -0.25) is 0 Å². The van der Waals surface area contributed by atoms with Crippen LogP contribution in [0.25, 0.3) is 0 Å². The summed E-state index contributed by atoms with van der Waals surface area (Å²) in [7, 11) is 0. The van der Waals surface area contributed by atoms with E-state index in [9.17, 15) is 0 Å². The van der Waals surface area contributed by atoms with Gasteiger partial charge < -0.3 is 5.32 Å². The molecule has 0 radical (unpaired) electrons. The van der Waals surface area contributed by atoms with Crippen molar-refractivity contribution in [1.82, 2.24) is 5.32 Å². The second-order valence-electron chi connectivity index (χ2n) is 6.93. The highest BCUT2D eigenvalue weighted by molar-refractivity contribution is 5.49. The van der Waals surface area contributed by atoms with Crippen LogP contribution < -0.4 is 5.32 Å². The molecule has 0 spiro atoms. The molecule has 156 valence electrons. The van der Waals surface area contributed by atoms with Gasteiger partial charge in [0.05, 0.1) is 0 Å². The number of hydrogen-bond acceptors (Lipinski definition) is 1. The van der Waals surface area contributed by atoms with Crippen molar-refractivity contribution in [3.63, 3.8) is 0 Å². The van der Waals surface area contributed by atoms with Gasteiger partial charge >= 0.3 is 0 Å². The third-order valence-electron chi connectivity index (χ3n) is 4.51. The Labute approximate surface area is 180 Å². The van der Waals surface area contributed by atoms with E-state index in [1.54, 1.807) is 6.08 Å². The Bertz CT molecular complexity index is 703. The van der Waals surface area contributed by atoms with Crippen LogP contribution in [-0.2, 0) is 0 Å². The molecule has 2 unspecified atom stereocenters. The lowest BCUT2D eigenvalue weighted by molar-refractivity contribution is 0.378. The first-order valence-electron chi connectivity index (χ1n) is 10.5. The molecule has 0 aromatic rings. The van der Waals surface area contributed by atoms with Gasteiger partial charge in [-0.15, -0.1) is 12.3 Å². The van der Waals surface area contributed by atoms with Crippen molar-refractivity contribution in [2.75, 3.05) is 6.54 Å². The van der Waals surface area contributed by atoms with Crippen molar-refractivity contribution in [2.24, 2.45) is 5.41 Å². The van der Waals surface area contributed by atoms with Gasteiger partial charge in [0.25, 0.3) is 0 Å². The van der Waals surface area contributed by atoms with Crippen molar-refractivity contribution < 1.29 is 0 Å². The first-order valence-corrected chi connectivity index (χ1v) is 10.5. The number of allylic oxidation sites excluding steroid dienone is 11. The summed E-state index contributed by atoms with van der Waals surface area (Å²) < 4.78 is 0. The molecule has 1 nitrogen and oxygen atoms in total. The van der Waals surface area contributed by atoms with Crippen LogP contribution in [0.4, 0.5) is 0 Å². The lowest BCUT2D eigenvalue weighted by Crippen LogP contribution is -2.36. The van der Waals surface area contributed by atoms with Crippen LogP contribution in [0.2, 0.25) is 0 Å². The molecule has 0 amide bonds. The predicted molar refractivity (Wildman–Crippen MR) is 133 cm³/mol. The minimum Gasteiger partial charge on any atom is -0.309 e. The first-order chi connectivity index (χ1) is 14.1. The lowest BCUT2D eigenvalue weighted by atomic mass is 9.80. The van der Waals surface area contributed by atoms with Gasteiger partial charge in [-0.05, 0) is 30.9 Å². The molecule has 0 aliphatic heterocycles. The Morgan fingerprint density at radius 3 is 2.59 bits per heavy atom. The Balaban J connectivity index is 0.00000379. The second-order valence-corrected chi connectivity index (χ2v) is 6.93. The highest BCUT2D eigenvalue weighted by Gasteiger charge is 2.23. The predicted octanol–water partition coefficient (Wildman–Crippen LogP) is 7.26. The SMILES string of the molecule is C#CC/C=C\C=C/CC(/C=C\C)NCC1(C)C=CC(/C(C=C)=C/C=C)=CC1.CC. The van der Waals surface area contributed by atoms with E-state index >= 15 is 0 Å². The van der Waals surface area contributed by atoms with Crippen LogP contribution in [0.1, 0.15) is 47.0 Å². The quantitative estimate of drug-likeness (QED) is 0.223. The molecule has 0 aromatic carbocycles. The monoisotopic (exact) mass is 389 g/mol. The molecule has 1 aliphatic carbocycles.